The van der Waals surface area contributed by atoms with E-state index in [1.165, 1.54) is 26.3 Å². The molecule has 0 radical (unpaired) electrons. The molecule has 0 heterocycles. The van der Waals surface area contributed by atoms with Crippen molar-refractivity contribution < 1.29 is 28.0 Å². The molecule has 2 aromatic rings. The van der Waals surface area contributed by atoms with Gasteiger partial charge in [-0.2, -0.15) is 13.2 Å². The molecule has 1 amide bonds. The molecular weight excluding hydrogens is 387 g/mol. The fraction of sp³-hybridized carbons (Fsp3) is 0.250. The van der Waals surface area contributed by atoms with Gasteiger partial charge in [-0.3, -0.25) is 4.79 Å². The van der Waals surface area contributed by atoms with Crippen LogP contribution in [0.3, 0.4) is 0 Å². The van der Waals surface area contributed by atoms with Crippen molar-refractivity contribution in [3.8, 4) is 0 Å². The topological polar surface area (TPSA) is 83.3 Å². The molecule has 0 aliphatic rings. The quantitative estimate of drug-likeness (QED) is 0.434. The molecule has 154 valence electrons. The third kappa shape index (κ3) is 4.92. The number of amides is 1. The lowest BCUT2D eigenvalue weighted by molar-refractivity contribution is -0.137. The van der Waals surface area contributed by atoms with Crippen LogP contribution in [0.1, 0.15) is 35.1 Å². The van der Waals surface area contributed by atoms with Crippen LogP contribution in [0.25, 0.3) is 0 Å². The molecule has 2 N–H and O–H groups in total. The van der Waals surface area contributed by atoms with Crippen LogP contribution < -0.4 is 5.32 Å². The fourth-order valence-electron chi connectivity index (χ4n) is 2.85. The summed E-state index contributed by atoms with van der Waals surface area (Å²) in [6, 6.07) is 11.2. The maximum Gasteiger partial charge on any atom is 0.416 e. The molecule has 1 atom stereocenters. The standard InChI is InChI=1S/C20H20F3N3O3/c1-12(13-7-6-8-14(11-13)20(21,22)23)17(25-28)15-9-4-5-10-16(15)18(26-29-3)19(27)24-2/h4-12,28H,1-3H3,(H,24,27). The Morgan fingerprint density at radius 1 is 1.14 bits per heavy atom. The van der Waals surface area contributed by atoms with Gasteiger partial charge >= 0.3 is 6.18 Å². The van der Waals surface area contributed by atoms with Crippen LogP contribution in [0.4, 0.5) is 13.2 Å². The average molecular weight is 407 g/mol. The summed E-state index contributed by atoms with van der Waals surface area (Å²) in [4.78, 5) is 17.0. The SMILES string of the molecule is CNC(=O)C(=NOC)c1ccccc1C(=NO)C(C)c1cccc(C(F)(F)F)c1. The highest BCUT2D eigenvalue weighted by Crippen LogP contribution is 2.32. The minimum absolute atomic E-state index is 0.0667. The van der Waals surface area contributed by atoms with E-state index in [0.29, 0.717) is 16.7 Å². The summed E-state index contributed by atoms with van der Waals surface area (Å²) in [7, 11) is 2.69. The largest absolute Gasteiger partial charge is 0.416 e. The number of rotatable bonds is 6. The first kappa shape index (κ1) is 21.9. The van der Waals surface area contributed by atoms with E-state index in [4.69, 9.17) is 4.84 Å². The van der Waals surface area contributed by atoms with Crippen molar-refractivity contribution in [2.24, 2.45) is 10.3 Å². The molecule has 0 saturated carbocycles. The van der Waals surface area contributed by atoms with Gasteiger partial charge in [0.15, 0.2) is 5.71 Å². The number of nitrogens with one attached hydrogen (secondary N) is 1. The summed E-state index contributed by atoms with van der Waals surface area (Å²) in [5.74, 6) is -1.25. The van der Waals surface area contributed by atoms with Gasteiger partial charge < -0.3 is 15.4 Å². The van der Waals surface area contributed by atoms with Crippen molar-refractivity contribution in [3.05, 3.63) is 70.8 Å². The lowest BCUT2D eigenvalue weighted by Gasteiger charge is -2.18. The average Bonchev–Trinajstić information content (AvgIpc) is 2.72. The lowest BCUT2D eigenvalue weighted by atomic mass is 9.87. The lowest BCUT2D eigenvalue weighted by Crippen LogP contribution is -2.30. The molecule has 0 saturated heterocycles. The Bertz CT molecular complexity index is 940. The van der Waals surface area contributed by atoms with Crippen molar-refractivity contribution in [3.63, 3.8) is 0 Å². The molecule has 29 heavy (non-hydrogen) atoms. The second kappa shape index (κ2) is 9.22. The number of carbonyl (C=O) groups excluding carboxylic acids is 1. The van der Waals surface area contributed by atoms with Crippen molar-refractivity contribution >= 4 is 17.3 Å². The molecule has 0 aromatic heterocycles. The van der Waals surface area contributed by atoms with E-state index in [9.17, 15) is 23.2 Å². The molecule has 9 heteroatoms. The number of benzene rings is 2. The summed E-state index contributed by atoms with van der Waals surface area (Å²) in [6.45, 7) is 1.61. The summed E-state index contributed by atoms with van der Waals surface area (Å²) >= 11 is 0. The summed E-state index contributed by atoms with van der Waals surface area (Å²) in [6.07, 6.45) is -4.50. The predicted molar refractivity (Wildman–Crippen MR) is 102 cm³/mol. The Balaban J connectivity index is 2.57. The molecule has 2 aromatic carbocycles. The Hall–Kier alpha value is -3.36. The number of carbonyl (C=O) groups is 1. The monoisotopic (exact) mass is 407 g/mol. The Morgan fingerprint density at radius 3 is 2.34 bits per heavy atom. The summed E-state index contributed by atoms with van der Waals surface area (Å²) in [5.41, 5.74) is 0.141. The van der Waals surface area contributed by atoms with Gasteiger partial charge in [-0.25, -0.2) is 0 Å². The van der Waals surface area contributed by atoms with Crippen LogP contribution in [0, 0.1) is 0 Å². The number of oxime groups is 2. The van der Waals surface area contributed by atoms with Crippen LogP contribution >= 0.6 is 0 Å². The van der Waals surface area contributed by atoms with Crippen molar-refractivity contribution in [2.75, 3.05) is 14.2 Å². The Kier molecular flexibility index (Phi) is 6.98. The highest BCUT2D eigenvalue weighted by Gasteiger charge is 2.31. The minimum atomic E-state index is -4.50. The van der Waals surface area contributed by atoms with Crippen LogP contribution in [0.15, 0.2) is 58.8 Å². The van der Waals surface area contributed by atoms with Crippen molar-refractivity contribution in [1.82, 2.24) is 5.32 Å². The molecular formula is C20H20F3N3O3. The molecule has 2 rings (SSSR count). The summed E-state index contributed by atoms with van der Waals surface area (Å²) in [5, 5.41) is 19.2. The number of likely N-dealkylation sites (N-methyl/N-ethyl adjacent to an activating group) is 1. The highest BCUT2D eigenvalue weighted by molar-refractivity contribution is 6.46. The molecule has 6 nitrogen and oxygen atoms in total. The second-order valence-corrected chi connectivity index (χ2v) is 6.08. The van der Waals surface area contributed by atoms with E-state index in [2.05, 4.69) is 15.6 Å². The first-order valence-electron chi connectivity index (χ1n) is 8.56. The molecule has 0 aliphatic heterocycles. The van der Waals surface area contributed by atoms with E-state index >= 15 is 0 Å². The van der Waals surface area contributed by atoms with E-state index < -0.39 is 23.6 Å². The zero-order valence-electron chi connectivity index (χ0n) is 16.0. The maximum absolute atomic E-state index is 13.1. The number of nitrogens with zero attached hydrogens (tertiary/aromatic N) is 2. The number of halogens is 3. The van der Waals surface area contributed by atoms with Gasteiger partial charge in [-0.15, -0.1) is 0 Å². The van der Waals surface area contributed by atoms with E-state index in [-0.39, 0.29) is 11.4 Å². The Labute approximate surface area is 165 Å². The van der Waals surface area contributed by atoms with Gasteiger partial charge in [0.05, 0.1) is 11.3 Å². The van der Waals surface area contributed by atoms with Crippen molar-refractivity contribution in [2.45, 2.75) is 19.0 Å². The van der Waals surface area contributed by atoms with Gasteiger partial charge in [0.25, 0.3) is 5.91 Å². The first-order valence-corrected chi connectivity index (χ1v) is 8.56. The normalized spacial score (nSPS) is 13.7. The van der Waals surface area contributed by atoms with E-state index in [1.807, 2.05) is 0 Å². The van der Waals surface area contributed by atoms with Gasteiger partial charge in [-0.05, 0) is 11.6 Å². The zero-order valence-corrected chi connectivity index (χ0v) is 16.0. The number of alkyl halides is 3. The van der Waals surface area contributed by atoms with Crippen LogP contribution in [-0.2, 0) is 15.8 Å². The molecule has 0 fully saturated rings. The zero-order chi connectivity index (χ0) is 21.6. The minimum Gasteiger partial charge on any atom is -0.411 e. The van der Waals surface area contributed by atoms with Gasteiger partial charge in [0.2, 0.25) is 0 Å². The van der Waals surface area contributed by atoms with Gasteiger partial charge in [0, 0.05) is 24.1 Å². The predicted octanol–water partition coefficient (Wildman–Crippen LogP) is 3.78. The van der Waals surface area contributed by atoms with Gasteiger partial charge in [0.1, 0.15) is 7.11 Å². The molecule has 1 unspecified atom stereocenters. The number of hydrogen-bond acceptors (Lipinski definition) is 5. The Morgan fingerprint density at radius 2 is 1.79 bits per heavy atom. The molecule has 0 bridgehead atoms. The van der Waals surface area contributed by atoms with Crippen molar-refractivity contribution in [1.29, 1.82) is 0 Å². The fourth-order valence-corrected chi connectivity index (χ4v) is 2.85. The van der Waals surface area contributed by atoms with E-state index in [0.717, 1.165) is 12.1 Å². The van der Waals surface area contributed by atoms with Crippen LogP contribution in [0.5, 0.6) is 0 Å². The highest BCUT2D eigenvalue weighted by atomic mass is 19.4. The smallest absolute Gasteiger partial charge is 0.411 e. The van der Waals surface area contributed by atoms with Gasteiger partial charge in [-0.1, -0.05) is 59.7 Å². The van der Waals surface area contributed by atoms with E-state index in [1.54, 1.807) is 31.2 Å². The number of hydrogen-bond donors (Lipinski definition) is 2. The molecule has 0 spiro atoms. The third-order valence-corrected chi connectivity index (χ3v) is 4.31. The third-order valence-electron chi connectivity index (χ3n) is 4.31. The van der Waals surface area contributed by atoms with Crippen LogP contribution in [-0.4, -0.2) is 36.7 Å². The van der Waals surface area contributed by atoms with Crippen LogP contribution in [0.2, 0.25) is 0 Å². The second-order valence-electron chi connectivity index (χ2n) is 6.08. The molecule has 0 aliphatic carbocycles. The summed E-state index contributed by atoms with van der Waals surface area (Å²) < 4.78 is 39.2. The maximum atomic E-state index is 13.1. The first-order chi connectivity index (χ1) is 13.7.